The lowest BCUT2D eigenvalue weighted by molar-refractivity contribution is -0.111. The second kappa shape index (κ2) is 9.93. The van der Waals surface area contributed by atoms with Crippen LogP contribution in [0.3, 0.4) is 0 Å². The molecule has 0 fully saturated rings. The molecular formula is C28H26FNO5. The normalized spacial score (nSPS) is 11.4. The highest BCUT2D eigenvalue weighted by atomic mass is 19.1. The highest BCUT2D eigenvalue weighted by Crippen LogP contribution is 2.43. The van der Waals surface area contributed by atoms with Crippen LogP contribution < -0.4 is 19.5 Å². The summed E-state index contributed by atoms with van der Waals surface area (Å²) in [5, 5.41) is 3.52. The summed E-state index contributed by atoms with van der Waals surface area (Å²) in [6.07, 6.45) is 3.13. The standard InChI is InChI=1S/C28H26FNO5/c1-16(11-26(31)30-19-8-6-7-18(29)12-19)21-14-23-24(15-35-28(23)17(2)27(21)34-5)22-13-20(32-3)9-10-25(22)33-4/h6-15H,1-5H3,(H,30,31)/b16-11+. The average molecular weight is 476 g/mol. The van der Waals surface area contributed by atoms with Gasteiger partial charge in [0.2, 0.25) is 5.91 Å². The molecule has 1 N–H and O–H groups in total. The number of methoxy groups -OCH3 is 3. The Hall–Kier alpha value is -4.26. The number of benzene rings is 3. The molecule has 0 aliphatic carbocycles. The van der Waals surface area contributed by atoms with Crippen molar-refractivity contribution in [2.45, 2.75) is 13.8 Å². The van der Waals surface area contributed by atoms with Gasteiger partial charge in [0.1, 0.15) is 28.6 Å². The van der Waals surface area contributed by atoms with Crippen LogP contribution >= 0.6 is 0 Å². The zero-order valence-electron chi connectivity index (χ0n) is 20.2. The van der Waals surface area contributed by atoms with Crippen LogP contribution in [0.2, 0.25) is 0 Å². The molecule has 0 aliphatic heterocycles. The Kier molecular flexibility index (Phi) is 6.78. The van der Waals surface area contributed by atoms with E-state index in [4.69, 9.17) is 18.6 Å². The molecule has 7 heteroatoms. The molecule has 1 aromatic heterocycles. The van der Waals surface area contributed by atoms with E-state index in [1.54, 1.807) is 33.7 Å². The number of carbonyl (C=O) groups excluding carboxylic acids is 1. The summed E-state index contributed by atoms with van der Waals surface area (Å²) in [6, 6.07) is 13.2. The number of anilines is 1. The van der Waals surface area contributed by atoms with Crippen molar-refractivity contribution < 1.29 is 27.8 Å². The maximum Gasteiger partial charge on any atom is 0.248 e. The van der Waals surface area contributed by atoms with Gasteiger partial charge in [-0.15, -0.1) is 0 Å². The zero-order valence-corrected chi connectivity index (χ0v) is 20.2. The molecule has 180 valence electrons. The molecule has 0 radical (unpaired) electrons. The van der Waals surface area contributed by atoms with Crippen molar-refractivity contribution in [1.82, 2.24) is 0 Å². The summed E-state index contributed by atoms with van der Waals surface area (Å²) < 4.78 is 36.1. The molecule has 0 atom stereocenters. The Labute approximate surface area is 202 Å². The lowest BCUT2D eigenvalue weighted by Gasteiger charge is -2.14. The Morgan fingerprint density at radius 3 is 2.49 bits per heavy atom. The van der Waals surface area contributed by atoms with Gasteiger partial charge in [0.25, 0.3) is 0 Å². The molecule has 0 saturated heterocycles. The van der Waals surface area contributed by atoms with Gasteiger partial charge in [-0.1, -0.05) is 6.07 Å². The summed E-state index contributed by atoms with van der Waals surface area (Å²) in [7, 11) is 4.79. The van der Waals surface area contributed by atoms with Gasteiger partial charge in [0.15, 0.2) is 0 Å². The number of aryl methyl sites for hydroxylation is 1. The minimum Gasteiger partial charge on any atom is -0.497 e. The predicted octanol–water partition coefficient (Wildman–Crippen LogP) is 6.62. The van der Waals surface area contributed by atoms with Gasteiger partial charge in [0.05, 0.1) is 27.6 Å². The minimum atomic E-state index is -0.424. The smallest absolute Gasteiger partial charge is 0.248 e. The number of ether oxygens (including phenoxy) is 3. The molecule has 3 aromatic carbocycles. The first-order chi connectivity index (χ1) is 16.9. The second-order valence-corrected chi connectivity index (χ2v) is 8.00. The lowest BCUT2D eigenvalue weighted by atomic mass is 9.96. The number of fused-ring (bicyclic) bond motifs is 1. The van der Waals surface area contributed by atoms with Gasteiger partial charge < -0.3 is 23.9 Å². The SMILES string of the molecule is COc1ccc(OC)c(-c2coc3c(C)c(OC)c(/C(C)=C/C(=O)Nc4cccc(F)c4)cc23)c1. The van der Waals surface area contributed by atoms with Gasteiger partial charge >= 0.3 is 0 Å². The number of carbonyl (C=O) groups is 1. The van der Waals surface area contributed by atoms with Crippen molar-refractivity contribution in [3.8, 4) is 28.4 Å². The third-order valence-electron chi connectivity index (χ3n) is 5.81. The Bertz CT molecular complexity index is 1440. The van der Waals surface area contributed by atoms with E-state index in [1.807, 2.05) is 38.1 Å². The van der Waals surface area contributed by atoms with E-state index in [9.17, 15) is 9.18 Å². The van der Waals surface area contributed by atoms with Crippen LogP contribution in [0.1, 0.15) is 18.1 Å². The highest BCUT2D eigenvalue weighted by Gasteiger charge is 2.20. The van der Waals surface area contributed by atoms with Crippen LogP contribution in [0.25, 0.3) is 27.7 Å². The molecule has 4 rings (SSSR count). The van der Waals surface area contributed by atoms with Crippen molar-refractivity contribution in [1.29, 1.82) is 0 Å². The molecule has 1 heterocycles. The summed E-state index contributed by atoms with van der Waals surface area (Å²) in [4.78, 5) is 12.6. The molecule has 0 spiro atoms. The maximum absolute atomic E-state index is 13.5. The van der Waals surface area contributed by atoms with Gasteiger partial charge in [0, 0.05) is 39.4 Å². The van der Waals surface area contributed by atoms with E-state index in [-0.39, 0.29) is 5.91 Å². The maximum atomic E-state index is 13.5. The molecule has 0 bridgehead atoms. The molecule has 1 amide bonds. The van der Waals surface area contributed by atoms with Crippen molar-refractivity contribution in [2.24, 2.45) is 0 Å². The topological polar surface area (TPSA) is 69.9 Å². The van der Waals surface area contributed by atoms with E-state index in [1.165, 1.54) is 24.3 Å². The summed E-state index contributed by atoms with van der Waals surface area (Å²) >= 11 is 0. The molecule has 4 aromatic rings. The minimum absolute atomic E-state index is 0.375. The van der Waals surface area contributed by atoms with Crippen LogP contribution in [-0.4, -0.2) is 27.2 Å². The van der Waals surface area contributed by atoms with Crippen LogP contribution in [0.5, 0.6) is 17.2 Å². The van der Waals surface area contributed by atoms with Crippen LogP contribution in [0.4, 0.5) is 10.1 Å². The van der Waals surface area contributed by atoms with Crippen molar-refractivity contribution in [2.75, 3.05) is 26.6 Å². The number of amides is 1. The summed E-state index contributed by atoms with van der Waals surface area (Å²) in [5.41, 5.74) is 4.88. The van der Waals surface area contributed by atoms with Crippen LogP contribution in [-0.2, 0) is 4.79 Å². The third-order valence-corrected chi connectivity index (χ3v) is 5.81. The number of furan rings is 1. The molecule has 0 aliphatic rings. The molecule has 0 unspecified atom stereocenters. The predicted molar refractivity (Wildman–Crippen MR) is 135 cm³/mol. The van der Waals surface area contributed by atoms with Crippen molar-refractivity contribution >= 4 is 28.1 Å². The molecule has 0 saturated carbocycles. The van der Waals surface area contributed by atoms with Crippen LogP contribution in [0, 0.1) is 12.7 Å². The fourth-order valence-corrected chi connectivity index (χ4v) is 4.12. The zero-order chi connectivity index (χ0) is 25.1. The third kappa shape index (κ3) is 4.71. The summed E-state index contributed by atoms with van der Waals surface area (Å²) in [5.74, 6) is 1.15. The Morgan fingerprint density at radius 2 is 1.80 bits per heavy atom. The van der Waals surface area contributed by atoms with Gasteiger partial charge in [-0.3, -0.25) is 4.79 Å². The molecule has 6 nitrogen and oxygen atoms in total. The van der Waals surface area contributed by atoms with Gasteiger partial charge in [-0.25, -0.2) is 4.39 Å². The fraction of sp³-hybridized carbons (Fsp3) is 0.179. The monoisotopic (exact) mass is 475 g/mol. The quantitative estimate of drug-likeness (QED) is 0.304. The Morgan fingerprint density at radius 1 is 1.00 bits per heavy atom. The molecule has 35 heavy (non-hydrogen) atoms. The van der Waals surface area contributed by atoms with E-state index >= 15 is 0 Å². The van der Waals surface area contributed by atoms with Crippen molar-refractivity contribution in [3.63, 3.8) is 0 Å². The largest absolute Gasteiger partial charge is 0.497 e. The number of nitrogens with one attached hydrogen (secondary N) is 1. The van der Waals surface area contributed by atoms with Crippen molar-refractivity contribution in [3.05, 3.63) is 77.8 Å². The van der Waals surface area contributed by atoms with Gasteiger partial charge in [-0.2, -0.15) is 0 Å². The van der Waals surface area contributed by atoms with Crippen LogP contribution in [0.15, 0.2) is 65.3 Å². The van der Waals surface area contributed by atoms with E-state index in [0.717, 1.165) is 27.6 Å². The first-order valence-corrected chi connectivity index (χ1v) is 10.9. The highest BCUT2D eigenvalue weighted by molar-refractivity contribution is 6.06. The number of halogens is 1. The fourth-order valence-electron chi connectivity index (χ4n) is 4.12. The first kappa shape index (κ1) is 23.9. The first-order valence-electron chi connectivity index (χ1n) is 10.9. The number of hydrogen-bond donors (Lipinski definition) is 1. The number of rotatable bonds is 7. The number of allylic oxidation sites excluding steroid dienone is 1. The number of hydrogen-bond acceptors (Lipinski definition) is 5. The lowest BCUT2D eigenvalue weighted by Crippen LogP contribution is -2.09. The van der Waals surface area contributed by atoms with E-state index < -0.39 is 5.82 Å². The van der Waals surface area contributed by atoms with E-state index in [0.29, 0.717) is 34.1 Å². The Balaban J connectivity index is 1.81. The summed E-state index contributed by atoms with van der Waals surface area (Å²) in [6.45, 7) is 3.72. The van der Waals surface area contributed by atoms with E-state index in [2.05, 4.69) is 5.32 Å². The molecular weight excluding hydrogens is 449 g/mol. The van der Waals surface area contributed by atoms with Gasteiger partial charge in [-0.05, 0) is 61.9 Å². The average Bonchev–Trinajstić information content (AvgIpc) is 3.27. The second-order valence-electron chi connectivity index (χ2n) is 8.00.